The molecule has 0 aromatic carbocycles. The summed E-state index contributed by atoms with van der Waals surface area (Å²) in [6.07, 6.45) is 2.27. The predicted octanol–water partition coefficient (Wildman–Crippen LogP) is 2.42. The lowest BCUT2D eigenvalue weighted by molar-refractivity contribution is 0.168. The van der Waals surface area contributed by atoms with Crippen molar-refractivity contribution in [1.82, 2.24) is 0 Å². The molecule has 1 heterocycles. The fourth-order valence-electron chi connectivity index (χ4n) is 1.84. The lowest BCUT2D eigenvalue weighted by atomic mass is 9.77. The Morgan fingerprint density at radius 3 is 2.50 bits per heavy atom. The van der Waals surface area contributed by atoms with Crippen molar-refractivity contribution in [3.8, 4) is 0 Å². The first-order valence-electron chi connectivity index (χ1n) is 5.74. The molecule has 3 atom stereocenters. The van der Waals surface area contributed by atoms with Crippen LogP contribution in [0.4, 0.5) is 0 Å². The van der Waals surface area contributed by atoms with Crippen LogP contribution in [-0.2, 0) is 4.74 Å². The van der Waals surface area contributed by atoms with Gasteiger partial charge in [-0.1, -0.05) is 27.7 Å². The molecule has 1 fully saturated rings. The first-order valence-corrected chi connectivity index (χ1v) is 5.74. The van der Waals surface area contributed by atoms with Gasteiger partial charge in [-0.2, -0.15) is 0 Å². The molecule has 1 rings (SSSR count). The van der Waals surface area contributed by atoms with Crippen LogP contribution in [0.25, 0.3) is 0 Å². The van der Waals surface area contributed by atoms with Gasteiger partial charge in [-0.3, -0.25) is 0 Å². The molecule has 2 N–H and O–H groups in total. The van der Waals surface area contributed by atoms with E-state index in [1.165, 1.54) is 0 Å². The minimum atomic E-state index is 0.326. The van der Waals surface area contributed by atoms with Crippen LogP contribution in [0.3, 0.4) is 0 Å². The zero-order valence-electron chi connectivity index (χ0n) is 10.0. The normalized spacial score (nSPS) is 27.6. The Kier molecular flexibility index (Phi) is 3.96. The third kappa shape index (κ3) is 3.25. The largest absolute Gasteiger partial charge is 0.381 e. The fourth-order valence-corrected chi connectivity index (χ4v) is 1.84. The second-order valence-corrected chi connectivity index (χ2v) is 5.79. The van der Waals surface area contributed by atoms with E-state index in [0.717, 1.165) is 26.1 Å². The Bertz CT molecular complexity index is 168. The average Bonchev–Trinajstić information content (AvgIpc) is 2.53. The Labute approximate surface area is 88.2 Å². The third-order valence-electron chi connectivity index (χ3n) is 3.67. The Morgan fingerprint density at radius 1 is 1.43 bits per heavy atom. The van der Waals surface area contributed by atoms with Crippen LogP contribution in [0.2, 0.25) is 0 Å². The zero-order chi connectivity index (χ0) is 10.8. The van der Waals surface area contributed by atoms with E-state index in [1.54, 1.807) is 0 Å². The standard InChI is InChI=1S/C12H25NO/c1-9(12(2,3)4)7-11(13)10-5-6-14-8-10/h9-11H,5-8,13H2,1-4H3. The van der Waals surface area contributed by atoms with Gasteiger partial charge in [0.05, 0.1) is 6.61 Å². The van der Waals surface area contributed by atoms with Crippen molar-refractivity contribution in [2.45, 2.75) is 46.6 Å². The number of rotatable bonds is 3. The molecule has 14 heavy (non-hydrogen) atoms. The van der Waals surface area contributed by atoms with Crippen LogP contribution in [0.1, 0.15) is 40.5 Å². The lowest BCUT2D eigenvalue weighted by Gasteiger charge is -2.31. The first kappa shape index (κ1) is 12.0. The van der Waals surface area contributed by atoms with E-state index in [4.69, 9.17) is 10.5 Å². The third-order valence-corrected chi connectivity index (χ3v) is 3.67. The first-order chi connectivity index (χ1) is 6.41. The summed E-state index contributed by atoms with van der Waals surface area (Å²) in [5.41, 5.74) is 6.57. The van der Waals surface area contributed by atoms with E-state index in [9.17, 15) is 0 Å². The van der Waals surface area contributed by atoms with Gasteiger partial charge in [0.2, 0.25) is 0 Å². The van der Waals surface area contributed by atoms with Gasteiger partial charge in [0.15, 0.2) is 0 Å². The van der Waals surface area contributed by atoms with Gasteiger partial charge < -0.3 is 10.5 Å². The molecule has 1 saturated heterocycles. The van der Waals surface area contributed by atoms with Crippen LogP contribution in [0.5, 0.6) is 0 Å². The van der Waals surface area contributed by atoms with Gasteiger partial charge in [0.25, 0.3) is 0 Å². The predicted molar refractivity (Wildman–Crippen MR) is 60.1 cm³/mol. The summed E-state index contributed by atoms with van der Waals surface area (Å²) in [7, 11) is 0. The molecule has 0 radical (unpaired) electrons. The summed E-state index contributed by atoms with van der Waals surface area (Å²) in [6, 6.07) is 0.326. The summed E-state index contributed by atoms with van der Waals surface area (Å²) < 4.78 is 5.37. The van der Waals surface area contributed by atoms with Gasteiger partial charge in [0.1, 0.15) is 0 Å². The molecule has 0 aromatic heterocycles. The smallest absolute Gasteiger partial charge is 0.0509 e. The molecule has 0 saturated carbocycles. The van der Waals surface area contributed by atoms with E-state index in [2.05, 4.69) is 27.7 Å². The van der Waals surface area contributed by atoms with Crippen LogP contribution in [0.15, 0.2) is 0 Å². The molecule has 0 aromatic rings. The number of nitrogens with two attached hydrogens (primary N) is 1. The van der Waals surface area contributed by atoms with Gasteiger partial charge in [0, 0.05) is 12.6 Å². The second-order valence-electron chi connectivity index (χ2n) is 5.79. The molecule has 0 amide bonds. The summed E-state index contributed by atoms with van der Waals surface area (Å²) >= 11 is 0. The average molecular weight is 199 g/mol. The van der Waals surface area contributed by atoms with Crippen LogP contribution in [-0.4, -0.2) is 19.3 Å². The molecular weight excluding hydrogens is 174 g/mol. The molecule has 1 aliphatic rings. The van der Waals surface area contributed by atoms with Crippen molar-refractivity contribution >= 4 is 0 Å². The highest BCUT2D eigenvalue weighted by molar-refractivity contribution is 4.81. The van der Waals surface area contributed by atoms with E-state index >= 15 is 0 Å². The Balaban J connectivity index is 2.35. The zero-order valence-corrected chi connectivity index (χ0v) is 10.0. The van der Waals surface area contributed by atoms with E-state index in [0.29, 0.717) is 23.3 Å². The van der Waals surface area contributed by atoms with Crippen molar-refractivity contribution in [3.05, 3.63) is 0 Å². The number of hydrogen-bond acceptors (Lipinski definition) is 2. The fraction of sp³-hybridized carbons (Fsp3) is 1.00. The summed E-state index contributed by atoms with van der Waals surface area (Å²) in [6.45, 7) is 10.9. The Morgan fingerprint density at radius 2 is 2.07 bits per heavy atom. The highest BCUT2D eigenvalue weighted by Gasteiger charge is 2.28. The maximum Gasteiger partial charge on any atom is 0.0509 e. The molecule has 1 aliphatic heterocycles. The minimum Gasteiger partial charge on any atom is -0.381 e. The second kappa shape index (κ2) is 4.63. The molecule has 0 spiro atoms. The van der Waals surface area contributed by atoms with Crippen LogP contribution >= 0.6 is 0 Å². The van der Waals surface area contributed by atoms with Gasteiger partial charge in [-0.15, -0.1) is 0 Å². The molecule has 3 unspecified atom stereocenters. The van der Waals surface area contributed by atoms with E-state index in [-0.39, 0.29) is 0 Å². The lowest BCUT2D eigenvalue weighted by Crippen LogP contribution is -2.35. The summed E-state index contributed by atoms with van der Waals surface area (Å²) in [5, 5.41) is 0. The summed E-state index contributed by atoms with van der Waals surface area (Å²) in [5.74, 6) is 1.28. The molecule has 2 heteroatoms. The topological polar surface area (TPSA) is 35.2 Å². The van der Waals surface area contributed by atoms with Crippen molar-refractivity contribution in [2.24, 2.45) is 23.0 Å². The molecule has 84 valence electrons. The molecule has 0 bridgehead atoms. The Hall–Kier alpha value is -0.0800. The maximum absolute atomic E-state index is 6.20. The van der Waals surface area contributed by atoms with Gasteiger partial charge in [-0.05, 0) is 30.1 Å². The monoisotopic (exact) mass is 199 g/mol. The SMILES string of the molecule is CC(CC(N)C1CCOC1)C(C)(C)C. The van der Waals surface area contributed by atoms with Crippen molar-refractivity contribution < 1.29 is 4.74 Å². The number of ether oxygens (including phenoxy) is 1. The van der Waals surface area contributed by atoms with Gasteiger partial charge in [-0.25, -0.2) is 0 Å². The van der Waals surface area contributed by atoms with Gasteiger partial charge >= 0.3 is 0 Å². The minimum absolute atomic E-state index is 0.326. The quantitative estimate of drug-likeness (QED) is 0.757. The van der Waals surface area contributed by atoms with E-state index < -0.39 is 0 Å². The molecule has 0 aliphatic carbocycles. The molecular formula is C12H25NO. The number of hydrogen-bond donors (Lipinski definition) is 1. The highest BCUT2D eigenvalue weighted by atomic mass is 16.5. The highest BCUT2D eigenvalue weighted by Crippen LogP contribution is 2.31. The molecule has 2 nitrogen and oxygen atoms in total. The van der Waals surface area contributed by atoms with Crippen molar-refractivity contribution in [1.29, 1.82) is 0 Å². The van der Waals surface area contributed by atoms with Crippen LogP contribution < -0.4 is 5.73 Å². The maximum atomic E-state index is 6.20. The summed E-state index contributed by atoms with van der Waals surface area (Å²) in [4.78, 5) is 0. The van der Waals surface area contributed by atoms with E-state index in [1.807, 2.05) is 0 Å². The van der Waals surface area contributed by atoms with Crippen molar-refractivity contribution in [3.63, 3.8) is 0 Å². The van der Waals surface area contributed by atoms with Crippen molar-refractivity contribution in [2.75, 3.05) is 13.2 Å². The van der Waals surface area contributed by atoms with Crippen LogP contribution in [0, 0.1) is 17.3 Å².